The second kappa shape index (κ2) is 8.89. The van der Waals surface area contributed by atoms with Crippen LogP contribution in [0.15, 0.2) is 0 Å². The van der Waals surface area contributed by atoms with Gasteiger partial charge in [-0.2, -0.15) is 0 Å². The van der Waals surface area contributed by atoms with E-state index in [9.17, 15) is 28.7 Å². The Hall–Kier alpha value is -1.56. The summed E-state index contributed by atoms with van der Waals surface area (Å²) in [4.78, 5) is 55.9. The average molecular weight is 397 g/mol. The van der Waals surface area contributed by atoms with Crippen LogP contribution in [-0.2, 0) is 18.9 Å². The molecule has 0 amide bonds. The summed E-state index contributed by atoms with van der Waals surface area (Å²) in [5.41, 5.74) is -1.14. The molecule has 0 saturated carbocycles. The fourth-order valence-electron chi connectivity index (χ4n) is 3.13. The Labute approximate surface area is 149 Å². The molecule has 0 aromatic rings. The third-order valence-corrected chi connectivity index (χ3v) is 4.79. The summed E-state index contributed by atoms with van der Waals surface area (Å²) >= 11 is 0. The molecule has 0 aliphatic carbocycles. The van der Waals surface area contributed by atoms with Gasteiger partial charge in [-0.05, 0) is 6.92 Å². The van der Waals surface area contributed by atoms with Crippen LogP contribution in [0.2, 0.25) is 0 Å². The topological polar surface area (TPSA) is 179 Å². The van der Waals surface area contributed by atoms with E-state index < -0.39 is 50.4 Å². The quantitative estimate of drug-likeness (QED) is 0.272. The summed E-state index contributed by atoms with van der Waals surface area (Å²) in [6, 6.07) is 0. The largest absolute Gasteiger partial charge is 0.480 e. The molecule has 1 rings (SSSR count). The summed E-state index contributed by atoms with van der Waals surface area (Å²) in [6.07, 6.45) is -0.586. The number of carboxylic acids is 3. The Morgan fingerprint density at radius 2 is 1.42 bits per heavy atom. The van der Waals surface area contributed by atoms with E-state index in [1.807, 2.05) is 0 Å². The van der Waals surface area contributed by atoms with E-state index in [1.54, 1.807) is 6.92 Å². The first kappa shape index (κ1) is 22.5. The molecule has 1 atom stereocenters. The Morgan fingerprint density at radius 3 is 1.85 bits per heavy atom. The Balaban J connectivity index is 3.17. The summed E-state index contributed by atoms with van der Waals surface area (Å²) in [5.74, 6) is -3.63. The number of hydrogen-bond acceptors (Lipinski definition) is 7. The van der Waals surface area contributed by atoms with Gasteiger partial charge in [-0.15, -0.1) is 0 Å². The monoisotopic (exact) mass is 397 g/mol. The lowest BCUT2D eigenvalue weighted by atomic mass is 9.98. The first-order valence-corrected chi connectivity index (χ1v) is 9.50. The van der Waals surface area contributed by atoms with Crippen molar-refractivity contribution >= 4 is 25.5 Å². The van der Waals surface area contributed by atoms with Gasteiger partial charge in [0.05, 0.1) is 19.6 Å². The van der Waals surface area contributed by atoms with Crippen molar-refractivity contribution in [2.24, 2.45) is 0 Å². The molecule has 1 fully saturated rings. The number of carbonyl (C=O) groups is 3. The minimum Gasteiger partial charge on any atom is -0.480 e. The fraction of sp³-hybridized carbons (Fsp3) is 0.769. The van der Waals surface area contributed by atoms with Crippen molar-refractivity contribution < 1.29 is 44.1 Å². The lowest BCUT2D eigenvalue weighted by Gasteiger charge is -2.42. The van der Waals surface area contributed by atoms with Crippen LogP contribution in [0.4, 0.5) is 0 Å². The van der Waals surface area contributed by atoms with Gasteiger partial charge in [-0.25, -0.2) is 0 Å². The van der Waals surface area contributed by atoms with Crippen molar-refractivity contribution in [2.75, 3.05) is 52.1 Å². The lowest BCUT2D eigenvalue weighted by Crippen LogP contribution is -2.60. The minimum atomic E-state index is -4.40. The van der Waals surface area contributed by atoms with Crippen LogP contribution in [-0.4, -0.2) is 115 Å². The van der Waals surface area contributed by atoms with Gasteiger partial charge in [0.2, 0.25) is 0 Å². The van der Waals surface area contributed by atoms with E-state index in [-0.39, 0.29) is 32.7 Å². The molecular formula is C13H24N3O9P. The van der Waals surface area contributed by atoms with Crippen LogP contribution < -0.4 is 0 Å². The zero-order valence-electron chi connectivity index (χ0n) is 14.3. The van der Waals surface area contributed by atoms with E-state index in [0.717, 1.165) is 0 Å². The first-order valence-electron chi connectivity index (χ1n) is 7.70. The number of nitrogens with zero attached hydrogens (tertiary/aromatic N) is 3. The van der Waals surface area contributed by atoms with Gasteiger partial charge in [0.1, 0.15) is 6.29 Å². The predicted octanol–water partition coefficient (Wildman–Crippen LogP) is -1.95. The van der Waals surface area contributed by atoms with Crippen molar-refractivity contribution in [3.8, 4) is 0 Å². The highest BCUT2D eigenvalue weighted by molar-refractivity contribution is 7.51. The zero-order valence-corrected chi connectivity index (χ0v) is 15.2. The van der Waals surface area contributed by atoms with Gasteiger partial charge in [0.25, 0.3) is 0 Å². The molecule has 26 heavy (non-hydrogen) atoms. The van der Waals surface area contributed by atoms with Crippen LogP contribution in [0.5, 0.6) is 0 Å². The highest BCUT2D eigenvalue weighted by atomic mass is 31.2. The summed E-state index contributed by atoms with van der Waals surface area (Å²) < 4.78 is 11.4. The third kappa shape index (κ3) is 7.77. The molecule has 0 aromatic heterocycles. The molecule has 12 nitrogen and oxygen atoms in total. The maximum absolute atomic E-state index is 11.4. The van der Waals surface area contributed by atoms with Gasteiger partial charge in [0.15, 0.2) is 0 Å². The normalized spacial score (nSPS) is 22.9. The molecule has 1 unspecified atom stereocenters. The predicted molar refractivity (Wildman–Crippen MR) is 87.8 cm³/mol. The van der Waals surface area contributed by atoms with Crippen molar-refractivity contribution in [3.05, 3.63) is 0 Å². The highest BCUT2D eigenvalue weighted by Crippen LogP contribution is 2.36. The SMILES string of the molecule is CC1(N(CC(=O)O)CC(=O)O)CN(CC(=O)O)CCN(CP(=O)(O)O)C1. The van der Waals surface area contributed by atoms with Crippen molar-refractivity contribution in [2.45, 2.75) is 12.5 Å². The van der Waals surface area contributed by atoms with E-state index in [0.29, 0.717) is 0 Å². The van der Waals surface area contributed by atoms with Crippen LogP contribution in [0.25, 0.3) is 0 Å². The number of carboxylic acid groups (broad SMARTS) is 3. The molecular weight excluding hydrogens is 373 g/mol. The summed E-state index contributed by atoms with van der Waals surface area (Å²) in [7, 11) is -4.40. The third-order valence-electron chi connectivity index (χ3n) is 4.02. The molecule has 150 valence electrons. The molecule has 1 aliphatic rings. The van der Waals surface area contributed by atoms with Crippen molar-refractivity contribution in [1.82, 2.24) is 14.7 Å². The van der Waals surface area contributed by atoms with Gasteiger partial charge in [-0.1, -0.05) is 0 Å². The lowest BCUT2D eigenvalue weighted by molar-refractivity contribution is -0.146. The number of hydrogen-bond donors (Lipinski definition) is 5. The zero-order chi connectivity index (χ0) is 20.1. The first-order chi connectivity index (χ1) is 11.8. The summed E-state index contributed by atoms with van der Waals surface area (Å²) in [6.45, 7) is 0.365. The molecule has 0 bridgehead atoms. The minimum absolute atomic E-state index is 0.0191. The van der Waals surface area contributed by atoms with Crippen LogP contribution in [0.1, 0.15) is 6.92 Å². The molecule has 1 saturated heterocycles. The van der Waals surface area contributed by atoms with Crippen LogP contribution >= 0.6 is 7.60 Å². The molecule has 1 aliphatic heterocycles. The van der Waals surface area contributed by atoms with Crippen LogP contribution in [0.3, 0.4) is 0 Å². The molecule has 5 N–H and O–H groups in total. The van der Waals surface area contributed by atoms with Gasteiger partial charge < -0.3 is 25.1 Å². The van der Waals surface area contributed by atoms with Crippen molar-refractivity contribution in [1.29, 1.82) is 0 Å². The summed E-state index contributed by atoms with van der Waals surface area (Å²) in [5, 5.41) is 27.2. The molecule has 0 radical (unpaired) electrons. The Bertz CT molecular complexity index is 579. The van der Waals surface area contributed by atoms with E-state index in [1.165, 1.54) is 14.7 Å². The second-order valence-electron chi connectivity index (χ2n) is 6.60. The fourth-order valence-corrected chi connectivity index (χ4v) is 3.89. The van der Waals surface area contributed by atoms with Crippen LogP contribution in [0, 0.1) is 0 Å². The van der Waals surface area contributed by atoms with E-state index >= 15 is 0 Å². The maximum atomic E-state index is 11.4. The average Bonchev–Trinajstić information content (AvgIpc) is 2.54. The molecule has 0 aromatic carbocycles. The number of rotatable bonds is 9. The Kier molecular flexibility index (Phi) is 7.69. The van der Waals surface area contributed by atoms with E-state index in [4.69, 9.17) is 15.3 Å². The molecule has 0 spiro atoms. The molecule has 13 heteroatoms. The maximum Gasteiger partial charge on any atom is 0.339 e. The van der Waals surface area contributed by atoms with Gasteiger partial charge in [-0.3, -0.25) is 33.6 Å². The standard InChI is InChI=1S/C13H24N3O9P/c1-13(16(5-11(19)20)6-12(21)22)7-14(4-10(17)18)2-3-15(8-13)9-26(23,24)25/h2-9H2,1H3,(H,17,18)(H,19,20)(H,21,22)(H2,23,24,25). The second-order valence-corrected chi connectivity index (χ2v) is 8.22. The van der Waals surface area contributed by atoms with Crippen molar-refractivity contribution in [3.63, 3.8) is 0 Å². The molecule has 1 heterocycles. The van der Waals surface area contributed by atoms with Gasteiger partial charge in [0, 0.05) is 31.7 Å². The smallest absolute Gasteiger partial charge is 0.339 e. The number of aliphatic carboxylic acids is 3. The van der Waals surface area contributed by atoms with Gasteiger partial charge >= 0.3 is 25.5 Å². The Morgan fingerprint density at radius 1 is 0.962 bits per heavy atom. The van der Waals surface area contributed by atoms with E-state index in [2.05, 4.69) is 0 Å². The highest BCUT2D eigenvalue weighted by Gasteiger charge is 2.41.